The molecule has 4 N–H and O–H groups in total. The molecule has 100 valence electrons. The van der Waals surface area contributed by atoms with Crippen LogP contribution in [0.15, 0.2) is 0 Å². The Labute approximate surface area is 103 Å². The molecule has 0 saturated heterocycles. The zero-order valence-corrected chi connectivity index (χ0v) is 10.0. The summed E-state index contributed by atoms with van der Waals surface area (Å²) in [4.78, 5) is 22.3. The van der Waals surface area contributed by atoms with Crippen LogP contribution >= 0.6 is 0 Å². The van der Waals surface area contributed by atoms with Gasteiger partial charge in [-0.3, -0.25) is 0 Å². The zero-order chi connectivity index (χ0) is 13.4. The number of H-pyrrole nitrogens is 1. The van der Waals surface area contributed by atoms with Crippen molar-refractivity contribution in [1.82, 2.24) is 31.3 Å². The predicted molar refractivity (Wildman–Crippen MR) is 60.5 cm³/mol. The summed E-state index contributed by atoms with van der Waals surface area (Å²) in [5.41, 5.74) is 0. The van der Waals surface area contributed by atoms with E-state index in [1.807, 2.05) is 6.92 Å². The third-order valence-corrected chi connectivity index (χ3v) is 2.25. The molecule has 2 amide bonds. The van der Waals surface area contributed by atoms with Gasteiger partial charge in [-0.05, 0) is 6.42 Å². The van der Waals surface area contributed by atoms with Crippen LogP contribution in [0, 0.1) is 0 Å². The third kappa shape index (κ3) is 4.76. The predicted octanol–water partition coefficient (Wildman–Crippen LogP) is -0.358. The molecule has 0 saturated carbocycles. The second kappa shape index (κ2) is 7.20. The lowest BCUT2D eigenvalue weighted by Gasteiger charge is -2.14. The average Bonchev–Trinajstić information content (AvgIpc) is 2.84. The van der Waals surface area contributed by atoms with Gasteiger partial charge in [-0.25, -0.2) is 9.59 Å². The number of nitrogens with one attached hydrogen (secondary N) is 3. The first-order valence-corrected chi connectivity index (χ1v) is 5.63. The summed E-state index contributed by atoms with van der Waals surface area (Å²) in [6, 6.07) is -1.45. The van der Waals surface area contributed by atoms with Crippen LogP contribution in [0.1, 0.15) is 32.0 Å². The minimum atomic E-state index is -1.04. The van der Waals surface area contributed by atoms with Crippen LogP contribution in [0.2, 0.25) is 0 Å². The van der Waals surface area contributed by atoms with E-state index < -0.39 is 18.0 Å². The van der Waals surface area contributed by atoms with Crippen molar-refractivity contribution in [2.24, 2.45) is 0 Å². The van der Waals surface area contributed by atoms with Gasteiger partial charge in [-0.1, -0.05) is 25.0 Å². The van der Waals surface area contributed by atoms with Gasteiger partial charge in [0, 0.05) is 0 Å². The molecule has 9 nitrogen and oxygen atoms in total. The fourth-order valence-corrected chi connectivity index (χ4v) is 1.29. The standard InChI is InChI=1S/C9H16N6O3/c1-2-3-4-6(8(16)17)11-9(18)10-5-7-12-14-15-13-7/h6H,2-5H2,1H3,(H,16,17)(H2,10,11,18)(H,12,13,14,15)/t6-/m0/s1. The lowest BCUT2D eigenvalue weighted by Crippen LogP contribution is -2.45. The summed E-state index contributed by atoms with van der Waals surface area (Å²) < 4.78 is 0. The molecular weight excluding hydrogens is 240 g/mol. The maximum atomic E-state index is 11.4. The second-order valence-electron chi connectivity index (χ2n) is 3.69. The van der Waals surface area contributed by atoms with Crippen molar-refractivity contribution < 1.29 is 14.7 Å². The Morgan fingerprint density at radius 2 is 2.28 bits per heavy atom. The number of unbranched alkanes of at least 4 members (excludes halogenated alkanes) is 1. The quantitative estimate of drug-likeness (QED) is 0.526. The van der Waals surface area contributed by atoms with Crippen LogP contribution in [0.25, 0.3) is 0 Å². The van der Waals surface area contributed by atoms with E-state index in [2.05, 4.69) is 31.3 Å². The van der Waals surface area contributed by atoms with Crippen LogP contribution in [0.3, 0.4) is 0 Å². The molecule has 0 aliphatic heterocycles. The molecule has 0 fully saturated rings. The Morgan fingerprint density at radius 1 is 1.50 bits per heavy atom. The zero-order valence-electron chi connectivity index (χ0n) is 10.0. The molecule has 1 rings (SSSR count). The SMILES string of the molecule is CCCC[C@H](NC(=O)NCc1nn[nH]n1)C(=O)O. The minimum Gasteiger partial charge on any atom is -0.480 e. The minimum absolute atomic E-state index is 0.0858. The van der Waals surface area contributed by atoms with Gasteiger partial charge in [0.15, 0.2) is 5.82 Å². The number of tetrazole rings is 1. The summed E-state index contributed by atoms with van der Waals surface area (Å²) in [5, 5.41) is 26.6. The molecular formula is C9H16N6O3. The first-order chi connectivity index (χ1) is 8.63. The van der Waals surface area contributed by atoms with Crippen molar-refractivity contribution in [3.8, 4) is 0 Å². The van der Waals surface area contributed by atoms with E-state index in [9.17, 15) is 9.59 Å². The van der Waals surface area contributed by atoms with E-state index in [1.54, 1.807) is 0 Å². The summed E-state index contributed by atoms with van der Waals surface area (Å²) in [7, 11) is 0. The summed E-state index contributed by atoms with van der Waals surface area (Å²) in [6.07, 6.45) is 2.01. The highest BCUT2D eigenvalue weighted by Gasteiger charge is 2.18. The molecule has 9 heteroatoms. The molecule has 1 heterocycles. The molecule has 1 aromatic heterocycles. The highest BCUT2D eigenvalue weighted by molar-refractivity contribution is 5.82. The number of rotatable bonds is 7. The first-order valence-electron chi connectivity index (χ1n) is 5.63. The smallest absolute Gasteiger partial charge is 0.326 e. The maximum Gasteiger partial charge on any atom is 0.326 e. The summed E-state index contributed by atoms with van der Waals surface area (Å²) in [5.74, 6) is -0.719. The lowest BCUT2D eigenvalue weighted by atomic mass is 10.1. The second-order valence-corrected chi connectivity index (χ2v) is 3.69. The van der Waals surface area contributed by atoms with Gasteiger partial charge >= 0.3 is 12.0 Å². The van der Waals surface area contributed by atoms with Gasteiger partial charge in [-0.15, -0.1) is 10.2 Å². The van der Waals surface area contributed by atoms with Crippen molar-refractivity contribution in [3.63, 3.8) is 0 Å². The number of carbonyl (C=O) groups excluding carboxylic acids is 1. The van der Waals surface area contributed by atoms with Gasteiger partial charge in [0.2, 0.25) is 0 Å². The Balaban J connectivity index is 2.34. The average molecular weight is 256 g/mol. The number of carbonyl (C=O) groups is 2. The topological polar surface area (TPSA) is 133 Å². The lowest BCUT2D eigenvalue weighted by molar-refractivity contribution is -0.139. The molecule has 0 spiro atoms. The Kier molecular flexibility index (Phi) is 5.55. The highest BCUT2D eigenvalue weighted by atomic mass is 16.4. The highest BCUT2D eigenvalue weighted by Crippen LogP contribution is 2.00. The molecule has 1 atom stereocenters. The fraction of sp³-hybridized carbons (Fsp3) is 0.667. The van der Waals surface area contributed by atoms with Gasteiger partial charge in [0.25, 0.3) is 0 Å². The van der Waals surface area contributed by atoms with E-state index >= 15 is 0 Å². The number of amides is 2. The number of urea groups is 1. The van der Waals surface area contributed by atoms with E-state index in [-0.39, 0.29) is 6.54 Å². The van der Waals surface area contributed by atoms with Crippen molar-refractivity contribution in [1.29, 1.82) is 0 Å². The molecule has 1 aromatic rings. The number of aliphatic carboxylic acids is 1. The van der Waals surface area contributed by atoms with Crippen molar-refractivity contribution in [3.05, 3.63) is 5.82 Å². The van der Waals surface area contributed by atoms with Gasteiger partial charge in [0.1, 0.15) is 6.04 Å². The number of nitrogens with zero attached hydrogens (tertiary/aromatic N) is 3. The Morgan fingerprint density at radius 3 is 2.83 bits per heavy atom. The molecule has 0 aliphatic carbocycles. The Hall–Kier alpha value is -2.19. The van der Waals surface area contributed by atoms with Crippen LogP contribution in [0.5, 0.6) is 0 Å². The van der Waals surface area contributed by atoms with Gasteiger partial charge in [0.05, 0.1) is 6.54 Å². The largest absolute Gasteiger partial charge is 0.480 e. The molecule has 0 unspecified atom stereocenters. The first kappa shape index (κ1) is 13.9. The third-order valence-electron chi connectivity index (χ3n) is 2.25. The van der Waals surface area contributed by atoms with Crippen molar-refractivity contribution in [2.75, 3.05) is 0 Å². The Bertz CT molecular complexity index is 380. The molecule has 0 bridgehead atoms. The number of hydrogen-bond acceptors (Lipinski definition) is 5. The summed E-state index contributed by atoms with van der Waals surface area (Å²) >= 11 is 0. The van der Waals surface area contributed by atoms with Gasteiger partial charge < -0.3 is 15.7 Å². The number of aromatic nitrogens is 4. The van der Waals surface area contributed by atoms with Crippen molar-refractivity contribution >= 4 is 12.0 Å². The molecule has 0 aliphatic rings. The van der Waals surface area contributed by atoms with E-state index in [0.717, 1.165) is 12.8 Å². The van der Waals surface area contributed by atoms with Crippen LogP contribution in [-0.2, 0) is 11.3 Å². The fourth-order valence-electron chi connectivity index (χ4n) is 1.29. The van der Waals surface area contributed by atoms with Crippen LogP contribution < -0.4 is 10.6 Å². The van der Waals surface area contributed by atoms with Crippen molar-refractivity contribution in [2.45, 2.75) is 38.8 Å². The van der Waals surface area contributed by atoms with E-state index in [0.29, 0.717) is 12.2 Å². The number of hydrogen-bond donors (Lipinski definition) is 4. The number of carboxylic acids is 1. The monoisotopic (exact) mass is 256 g/mol. The van der Waals surface area contributed by atoms with Gasteiger partial charge in [-0.2, -0.15) is 5.21 Å². The summed E-state index contributed by atoms with van der Waals surface area (Å²) in [6.45, 7) is 2.04. The normalized spacial score (nSPS) is 11.8. The van der Waals surface area contributed by atoms with Crippen LogP contribution in [0.4, 0.5) is 4.79 Å². The molecule has 18 heavy (non-hydrogen) atoms. The van der Waals surface area contributed by atoms with E-state index in [4.69, 9.17) is 5.11 Å². The molecule has 0 radical (unpaired) electrons. The maximum absolute atomic E-state index is 11.4. The van der Waals surface area contributed by atoms with Crippen LogP contribution in [-0.4, -0.2) is 43.8 Å². The molecule has 0 aromatic carbocycles. The number of carboxylic acid groups (broad SMARTS) is 1. The number of aromatic amines is 1. The van der Waals surface area contributed by atoms with E-state index in [1.165, 1.54) is 0 Å².